The number of hydrogen-bond donors (Lipinski definition) is 1. The average molecular weight is 746 g/mol. The molecule has 11 heteroatoms. The Morgan fingerprint density at radius 2 is 1.19 bits per heavy atom. The monoisotopic (exact) mass is 746 g/mol. The summed E-state index contributed by atoms with van der Waals surface area (Å²) in [4.78, 5) is 58.4. The molecule has 0 aliphatic carbocycles. The fourth-order valence-corrected chi connectivity index (χ4v) is 7.01. The zero-order chi connectivity index (χ0) is 38.6. The predicted octanol–water partition coefficient (Wildman–Crippen LogP) is 8.07. The van der Waals surface area contributed by atoms with Gasteiger partial charge in [0.05, 0.1) is 0 Å². The molecule has 1 fully saturated rings. The van der Waals surface area contributed by atoms with Crippen LogP contribution in [0.25, 0.3) is 0 Å². The molecule has 1 aliphatic heterocycles. The van der Waals surface area contributed by atoms with Crippen molar-refractivity contribution >= 4 is 23.7 Å². The lowest BCUT2D eigenvalue weighted by molar-refractivity contribution is -0.158. The minimum atomic E-state index is -0.481. The Bertz CT molecular complexity index is 1160. The lowest BCUT2D eigenvalue weighted by Crippen LogP contribution is -2.48. The molecule has 2 N–H and O–H groups in total. The Balaban J connectivity index is 1.77. The SMILES string of the molecule is CCCCCCCCCCCC(=O)OCC1(COC(=O)CCCCCCCCCCC)CCN(C(=O)CCN(C)CCCn2ccc(N)nc2=O)CC1. The van der Waals surface area contributed by atoms with Gasteiger partial charge < -0.3 is 25.0 Å². The molecular formula is C42H75N5O6. The van der Waals surface area contributed by atoms with E-state index in [9.17, 15) is 19.2 Å². The van der Waals surface area contributed by atoms with Crippen molar-refractivity contribution in [3.05, 3.63) is 22.7 Å². The van der Waals surface area contributed by atoms with Crippen LogP contribution < -0.4 is 11.4 Å². The summed E-state index contributed by atoms with van der Waals surface area (Å²) in [6.45, 7) is 7.87. The van der Waals surface area contributed by atoms with Gasteiger partial charge in [-0.1, -0.05) is 117 Å². The first-order valence-electron chi connectivity index (χ1n) is 21.3. The summed E-state index contributed by atoms with van der Waals surface area (Å²) in [7, 11) is 1.98. The highest BCUT2D eigenvalue weighted by molar-refractivity contribution is 5.76. The molecule has 1 aliphatic rings. The lowest BCUT2D eigenvalue weighted by atomic mass is 9.79. The van der Waals surface area contributed by atoms with Crippen LogP contribution in [0.1, 0.15) is 168 Å². The first kappa shape index (κ1) is 46.2. The predicted molar refractivity (Wildman–Crippen MR) is 213 cm³/mol. The third-order valence-corrected chi connectivity index (χ3v) is 10.8. The number of ether oxygens (including phenoxy) is 2. The van der Waals surface area contributed by atoms with E-state index in [4.69, 9.17) is 15.2 Å². The maximum Gasteiger partial charge on any atom is 0.349 e. The van der Waals surface area contributed by atoms with E-state index in [2.05, 4.69) is 23.7 Å². The van der Waals surface area contributed by atoms with E-state index in [1.807, 2.05) is 11.9 Å². The number of nitrogen functional groups attached to an aromatic ring is 1. The Morgan fingerprint density at radius 1 is 0.717 bits per heavy atom. The van der Waals surface area contributed by atoms with Gasteiger partial charge >= 0.3 is 17.6 Å². The van der Waals surface area contributed by atoms with Crippen LogP contribution in [-0.2, 0) is 30.4 Å². The number of piperidine rings is 1. The summed E-state index contributed by atoms with van der Waals surface area (Å²) in [5, 5.41) is 0. The molecule has 2 heterocycles. The summed E-state index contributed by atoms with van der Waals surface area (Å²) in [5.74, 6) is -0.0680. The zero-order valence-corrected chi connectivity index (χ0v) is 33.9. The second-order valence-corrected chi connectivity index (χ2v) is 15.6. The zero-order valence-electron chi connectivity index (χ0n) is 33.9. The van der Waals surface area contributed by atoms with Gasteiger partial charge in [0.2, 0.25) is 5.91 Å². The quantitative estimate of drug-likeness (QED) is 0.0591. The maximum atomic E-state index is 13.2. The summed E-state index contributed by atoms with van der Waals surface area (Å²) >= 11 is 0. The van der Waals surface area contributed by atoms with Gasteiger partial charge in [0.1, 0.15) is 19.0 Å². The van der Waals surface area contributed by atoms with Crippen LogP contribution in [-0.4, -0.2) is 83.6 Å². The van der Waals surface area contributed by atoms with Crippen LogP contribution in [0.2, 0.25) is 0 Å². The number of nitrogens with two attached hydrogens (primary N) is 1. The largest absolute Gasteiger partial charge is 0.465 e. The fourth-order valence-electron chi connectivity index (χ4n) is 7.01. The minimum absolute atomic E-state index is 0.0918. The first-order chi connectivity index (χ1) is 25.7. The number of hydrogen-bond acceptors (Lipinski definition) is 9. The number of carbonyl (C=O) groups excluding carboxylic acids is 3. The van der Waals surface area contributed by atoms with Gasteiger partial charge in [-0.15, -0.1) is 0 Å². The Hall–Kier alpha value is -2.95. The summed E-state index contributed by atoms with van der Waals surface area (Å²) in [6, 6.07) is 1.61. The Kier molecular flexibility index (Phi) is 24.8. The van der Waals surface area contributed by atoms with Gasteiger partial charge in [-0.2, -0.15) is 4.98 Å². The van der Waals surface area contributed by atoms with Crippen LogP contribution >= 0.6 is 0 Å². The Labute approximate surface area is 321 Å². The van der Waals surface area contributed by atoms with Crippen LogP contribution in [0, 0.1) is 5.41 Å². The molecule has 0 saturated carbocycles. The second kappa shape index (κ2) is 28.5. The van der Waals surface area contributed by atoms with Crippen molar-refractivity contribution in [2.45, 2.75) is 174 Å². The third-order valence-electron chi connectivity index (χ3n) is 10.8. The van der Waals surface area contributed by atoms with E-state index in [0.29, 0.717) is 58.3 Å². The van der Waals surface area contributed by atoms with Crippen LogP contribution in [0.3, 0.4) is 0 Å². The number of carbonyl (C=O) groups is 3. The summed E-state index contributed by atoms with van der Waals surface area (Å²) in [6.07, 6.45) is 26.3. The molecule has 0 radical (unpaired) electrons. The second-order valence-electron chi connectivity index (χ2n) is 15.6. The Morgan fingerprint density at radius 3 is 1.66 bits per heavy atom. The molecular weight excluding hydrogens is 670 g/mol. The van der Waals surface area contributed by atoms with Gasteiger partial charge in [-0.05, 0) is 51.8 Å². The number of aryl methyl sites for hydroxylation is 1. The molecule has 2 rings (SSSR count). The molecule has 53 heavy (non-hydrogen) atoms. The molecule has 11 nitrogen and oxygen atoms in total. The molecule has 0 unspecified atom stereocenters. The molecule has 0 aromatic carbocycles. The standard InChI is InChI=1S/C42H75N5O6/c1-4-6-8-10-12-14-16-18-20-23-39(49)52-35-42(36-53-40(50)24-21-19-17-15-13-11-9-7-5-2)27-33-46(34-28-42)38(48)26-31-45(3)29-22-30-47-32-25-37(43)44-41(47)51/h25,32H,4-24,26-31,33-36H2,1-3H3,(H2,43,44,51). The minimum Gasteiger partial charge on any atom is -0.465 e. The van der Waals surface area contributed by atoms with Crippen LogP contribution in [0.4, 0.5) is 5.82 Å². The van der Waals surface area contributed by atoms with Crippen molar-refractivity contribution in [1.29, 1.82) is 0 Å². The van der Waals surface area contributed by atoms with Crippen LogP contribution in [0.15, 0.2) is 17.1 Å². The lowest BCUT2D eigenvalue weighted by Gasteiger charge is -2.41. The van der Waals surface area contributed by atoms with E-state index < -0.39 is 5.41 Å². The van der Waals surface area contributed by atoms with E-state index in [-0.39, 0.29) is 42.6 Å². The number of likely N-dealkylation sites (tertiary alicyclic amines) is 1. The number of unbranched alkanes of at least 4 members (excludes halogenated alkanes) is 16. The summed E-state index contributed by atoms with van der Waals surface area (Å²) < 4.78 is 13.2. The van der Waals surface area contributed by atoms with E-state index >= 15 is 0 Å². The third kappa shape index (κ3) is 21.5. The molecule has 0 atom stereocenters. The van der Waals surface area contributed by atoms with Crippen molar-refractivity contribution in [2.24, 2.45) is 5.41 Å². The smallest absolute Gasteiger partial charge is 0.349 e. The molecule has 1 amide bonds. The maximum absolute atomic E-state index is 13.2. The number of anilines is 1. The molecule has 1 aromatic rings. The number of rotatable bonds is 31. The summed E-state index contributed by atoms with van der Waals surface area (Å²) in [5.41, 5.74) is 4.74. The van der Waals surface area contributed by atoms with E-state index in [1.165, 1.54) is 77.0 Å². The number of esters is 2. The fraction of sp³-hybridized carbons (Fsp3) is 0.833. The molecule has 1 aromatic heterocycles. The van der Waals surface area contributed by atoms with Gasteiger partial charge in [0.15, 0.2) is 0 Å². The van der Waals surface area contributed by atoms with Gasteiger partial charge in [0.25, 0.3) is 0 Å². The van der Waals surface area contributed by atoms with E-state index in [0.717, 1.165) is 51.5 Å². The van der Waals surface area contributed by atoms with Crippen molar-refractivity contribution in [3.8, 4) is 0 Å². The highest BCUT2D eigenvalue weighted by atomic mass is 16.5. The highest BCUT2D eigenvalue weighted by Crippen LogP contribution is 2.33. The molecule has 1 saturated heterocycles. The van der Waals surface area contributed by atoms with Gasteiger partial charge in [0, 0.05) is 57.1 Å². The van der Waals surface area contributed by atoms with Crippen molar-refractivity contribution < 1.29 is 23.9 Å². The average Bonchev–Trinajstić information content (AvgIpc) is 3.15. The molecule has 0 bridgehead atoms. The van der Waals surface area contributed by atoms with Crippen molar-refractivity contribution in [3.63, 3.8) is 0 Å². The number of amides is 1. The topological polar surface area (TPSA) is 137 Å². The van der Waals surface area contributed by atoms with Crippen LogP contribution in [0.5, 0.6) is 0 Å². The first-order valence-corrected chi connectivity index (χ1v) is 21.3. The normalized spacial score (nSPS) is 14.1. The van der Waals surface area contributed by atoms with Gasteiger partial charge in [-0.3, -0.25) is 19.0 Å². The number of aromatic nitrogens is 2. The molecule has 304 valence electrons. The van der Waals surface area contributed by atoms with Crippen molar-refractivity contribution in [1.82, 2.24) is 19.4 Å². The number of nitrogens with zero attached hydrogens (tertiary/aromatic N) is 4. The van der Waals surface area contributed by atoms with Gasteiger partial charge in [-0.25, -0.2) is 4.79 Å². The highest BCUT2D eigenvalue weighted by Gasteiger charge is 2.38. The van der Waals surface area contributed by atoms with E-state index in [1.54, 1.807) is 16.8 Å². The molecule has 0 spiro atoms. The van der Waals surface area contributed by atoms with Crippen molar-refractivity contribution in [2.75, 3.05) is 52.2 Å².